The summed E-state index contributed by atoms with van der Waals surface area (Å²) >= 11 is 0. The average Bonchev–Trinajstić information content (AvgIpc) is 2.13. The lowest BCUT2D eigenvalue weighted by Crippen LogP contribution is -2.50. The molecule has 1 aromatic rings. The van der Waals surface area contributed by atoms with E-state index in [1.165, 1.54) is 0 Å². The highest BCUT2D eigenvalue weighted by molar-refractivity contribution is 5.88. The number of aliphatic hydroxyl groups is 1. The number of hydrogen-bond donors (Lipinski definition) is 2. The van der Waals surface area contributed by atoms with E-state index < -0.39 is 5.97 Å². The summed E-state index contributed by atoms with van der Waals surface area (Å²) in [4.78, 5) is 12.6. The Hall–Kier alpha value is -1.55. The number of carboxylic acid groups (broad SMARTS) is 1. The number of carbonyl (C=O) groups is 1. The second kappa shape index (κ2) is 3.31. The van der Waals surface area contributed by atoms with Crippen LogP contribution in [0.2, 0.25) is 0 Å². The van der Waals surface area contributed by atoms with Crippen molar-refractivity contribution >= 4 is 11.7 Å². The minimum Gasteiger partial charge on any atom is -0.478 e. The Morgan fingerprint density at radius 2 is 1.86 bits per heavy atom. The highest BCUT2D eigenvalue weighted by atomic mass is 16.4. The predicted molar refractivity (Wildman–Crippen MR) is 51.6 cm³/mol. The van der Waals surface area contributed by atoms with Gasteiger partial charge >= 0.3 is 5.97 Å². The van der Waals surface area contributed by atoms with E-state index in [4.69, 9.17) is 10.2 Å². The van der Waals surface area contributed by atoms with Crippen molar-refractivity contribution in [3.05, 3.63) is 29.8 Å². The maximum absolute atomic E-state index is 10.6. The summed E-state index contributed by atoms with van der Waals surface area (Å²) in [6, 6.07) is 6.66. The van der Waals surface area contributed by atoms with Crippen molar-refractivity contribution in [2.45, 2.75) is 6.10 Å². The molecule has 0 radical (unpaired) electrons. The number of carboxylic acids is 1. The maximum Gasteiger partial charge on any atom is 0.335 e. The SMILES string of the molecule is O=C(O)c1ccc(N2CC(O)C2)cc1. The summed E-state index contributed by atoms with van der Waals surface area (Å²) in [7, 11) is 0. The normalized spacial score (nSPS) is 16.5. The molecule has 14 heavy (non-hydrogen) atoms. The van der Waals surface area contributed by atoms with Crippen molar-refractivity contribution in [2.24, 2.45) is 0 Å². The molecule has 0 amide bonds. The van der Waals surface area contributed by atoms with Crippen LogP contribution in [0.1, 0.15) is 10.4 Å². The van der Waals surface area contributed by atoms with Crippen LogP contribution in [0.15, 0.2) is 24.3 Å². The second-order valence-electron chi connectivity index (χ2n) is 3.41. The third-order valence-corrected chi connectivity index (χ3v) is 2.34. The molecule has 0 aliphatic carbocycles. The standard InChI is InChI=1S/C10H11NO3/c12-9-5-11(6-9)8-3-1-7(2-4-8)10(13)14/h1-4,9,12H,5-6H2,(H,13,14). The Bertz CT molecular complexity index is 341. The molecule has 0 saturated carbocycles. The van der Waals surface area contributed by atoms with E-state index in [0.29, 0.717) is 13.1 Å². The molecular weight excluding hydrogens is 182 g/mol. The zero-order chi connectivity index (χ0) is 10.1. The molecule has 1 aliphatic heterocycles. The molecule has 1 heterocycles. The van der Waals surface area contributed by atoms with Crippen molar-refractivity contribution in [1.29, 1.82) is 0 Å². The third-order valence-electron chi connectivity index (χ3n) is 2.34. The first kappa shape index (κ1) is 9.02. The Kier molecular flexibility index (Phi) is 2.13. The van der Waals surface area contributed by atoms with E-state index in [9.17, 15) is 4.79 Å². The Balaban J connectivity index is 2.10. The molecule has 4 nitrogen and oxygen atoms in total. The molecule has 0 aromatic heterocycles. The zero-order valence-corrected chi connectivity index (χ0v) is 7.55. The van der Waals surface area contributed by atoms with Gasteiger partial charge in [0.15, 0.2) is 0 Å². The van der Waals surface area contributed by atoms with Crippen LogP contribution in [-0.2, 0) is 0 Å². The van der Waals surface area contributed by atoms with E-state index in [1.54, 1.807) is 24.3 Å². The van der Waals surface area contributed by atoms with Crippen LogP contribution in [0.4, 0.5) is 5.69 Å². The number of aliphatic hydroxyl groups excluding tert-OH is 1. The van der Waals surface area contributed by atoms with Gasteiger partial charge in [-0.05, 0) is 24.3 Å². The lowest BCUT2D eigenvalue weighted by atomic mass is 10.1. The molecule has 1 fully saturated rings. The van der Waals surface area contributed by atoms with Gasteiger partial charge in [-0.2, -0.15) is 0 Å². The van der Waals surface area contributed by atoms with Gasteiger partial charge in [0.25, 0.3) is 0 Å². The summed E-state index contributed by atoms with van der Waals surface area (Å²) in [6.07, 6.45) is -0.242. The lowest BCUT2D eigenvalue weighted by molar-refractivity contribution is 0.0697. The number of hydrogen-bond acceptors (Lipinski definition) is 3. The van der Waals surface area contributed by atoms with Crippen LogP contribution in [0, 0.1) is 0 Å². The minimum absolute atomic E-state index is 0.242. The van der Waals surface area contributed by atoms with E-state index in [2.05, 4.69) is 0 Å². The predicted octanol–water partition coefficient (Wildman–Crippen LogP) is 0.566. The van der Waals surface area contributed by atoms with Crippen LogP contribution in [0.3, 0.4) is 0 Å². The fraction of sp³-hybridized carbons (Fsp3) is 0.300. The first-order valence-corrected chi connectivity index (χ1v) is 4.43. The summed E-state index contributed by atoms with van der Waals surface area (Å²) < 4.78 is 0. The maximum atomic E-state index is 10.6. The first-order valence-electron chi connectivity index (χ1n) is 4.43. The molecule has 0 atom stereocenters. The average molecular weight is 193 g/mol. The third kappa shape index (κ3) is 1.56. The first-order chi connectivity index (χ1) is 6.66. The molecule has 2 N–H and O–H groups in total. The summed E-state index contributed by atoms with van der Waals surface area (Å²) in [5, 5.41) is 17.8. The highest BCUT2D eigenvalue weighted by Crippen LogP contribution is 2.20. The summed E-state index contributed by atoms with van der Waals surface area (Å²) in [5.74, 6) is -0.916. The van der Waals surface area contributed by atoms with Gasteiger partial charge in [-0.15, -0.1) is 0 Å². The van der Waals surface area contributed by atoms with E-state index in [0.717, 1.165) is 5.69 Å². The quantitative estimate of drug-likeness (QED) is 0.720. The molecule has 4 heteroatoms. The molecule has 1 saturated heterocycles. The number of β-amino-alcohol motifs (C(OH)–C–C–N with tert-alkyl or cyclic N) is 1. The summed E-state index contributed by atoms with van der Waals surface area (Å²) in [5.41, 5.74) is 1.25. The molecule has 0 bridgehead atoms. The van der Waals surface area contributed by atoms with Gasteiger partial charge < -0.3 is 15.1 Å². The van der Waals surface area contributed by atoms with Gasteiger partial charge in [0.2, 0.25) is 0 Å². The second-order valence-corrected chi connectivity index (χ2v) is 3.41. The van der Waals surface area contributed by atoms with E-state index >= 15 is 0 Å². The van der Waals surface area contributed by atoms with Gasteiger partial charge in [-0.1, -0.05) is 0 Å². The number of benzene rings is 1. The van der Waals surface area contributed by atoms with Crippen molar-refractivity contribution in [2.75, 3.05) is 18.0 Å². The van der Waals surface area contributed by atoms with Crippen LogP contribution >= 0.6 is 0 Å². The number of anilines is 1. The van der Waals surface area contributed by atoms with Crippen molar-refractivity contribution in [3.8, 4) is 0 Å². The zero-order valence-electron chi connectivity index (χ0n) is 7.55. The topological polar surface area (TPSA) is 60.8 Å². The van der Waals surface area contributed by atoms with E-state index in [-0.39, 0.29) is 11.7 Å². The monoisotopic (exact) mass is 193 g/mol. The number of rotatable bonds is 2. The van der Waals surface area contributed by atoms with Gasteiger partial charge in [-0.3, -0.25) is 0 Å². The van der Waals surface area contributed by atoms with Crippen LogP contribution in [0.25, 0.3) is 0 Å². The minimum atomic E-state index is -0.916. The molecule has 1 aromatic carbocycles. The molecule has 2 rings (SSSR count). The van der Waals surface area contributed by atoms with Gasteiger partial charge in [0, 0.05) is 18.8 Å². The molecule has 1 aliphatic rings. The molecular formula is C10H11NO3. The number of nitrogens with zero attached hydrogens (tertiary/aromatic N) is 1. The van der Waals surface area contributed by atoms with Crippen molar-refractivity contribution < 1.29 is 15.0 Å². The molecule has 74 valence electrons. The van der Waals surface area contributed by atoms with Gasteiger partial charge in [-0.25, -0.2) is 4.79 Å². The Labute approximate surface area is 81.4 Å². The van der Waals surface area contributed by atoms with Crippen molar-refractivity contribution in [1.82, 2.24) is 0 Å². The van der Waals surface area contributed by atoms with Crippen LogP contribution < -0.4 is 4.90 Å². The lowest BCUT2D eigenvalue weighted by Gasteiger charge is -2.37. The fourth-order valence-electron chi connectivity index (χ4n) is 1.48. The van der Waals surface area contributed by atoms with Gasteiger partial charge in [0.05, 0.1) is 11.7 Å². The highest BCUT2D eigenvalue weighted by Gasteiger charge is 2.24. The number of aromatic carboxylic acids is 1. The van der Waals surface area contributed by atoms with Crippen molar-refractivity contribution in [3.63, 3.8) is 0 Å². The van der Waals surface area contributed by atoms with Gasteiger partial charge in [0.1, 0.15) is 0 Å². The smallest absolute Gasteiger partial charge is 0.335 e. The largest absolute Gasteiger partial charge is 0.478 e. The summed E-state index contributed by atoms with van der Waals surface area (Å²) in [6.45, 7) is 1.26. The Morgan fingerprint density at radius 3 is 2.29 bits per heavy atom. The molecule has 0 unspecified atom stereocenters. The molecule has 0 spiro atoms. The van der Waals surface area contributed by atoms with Crippen LogP contribution in [0.5, 0.6) is 0 Å². The van der Waals surface area contributed by atoms with E-state index in [1.807, 2.05) is 4.90 Å². The Morgan fingerprint density at radius 1 is 1.29 bits per heavy atom. The fourth-order valence-corrected chi connectivity index (χ4v) is 1.48. The van der Waals surface area contributed by atoms with Crippen LogP contribution in [-0.4, -0.2) is 35.4 Å².